The molecule has 0 radical (unpaired) electrons. The SMILES string of the molecule is CC(NS(=O)(=O)c1ccc(C#N)s1)c1ccccc1Cl. The first-order valence-electron chi connectivity index (χ1n) is 5.71. The molecule has 2 rings (SSSR count). The van der Waals surface area contributed by atoms with Crippen molar-refractivity contribution in [3.63, 3.8) is 0 Å². The van der Waals surface area contributed by atoms with Crippen molar-refractivity contribution in [3.05, 3.63) is 51.9 Å². The van der Waals surface area contributed by atoms with Crippen LogP contribution in [0.4, 0.5) is 0 Å². The summed E-state index contributed by atoms with van der Waals surface area (Å²) in [5.74, 6) is 0. The van der Waals surface area contributed by atoms with Gasteiger partial charge in [-0.2, -0.15) is 5.26 Å². The van der Waals surface area contributed by atoms with Crippen LogP contribution in [0, 0.1) is 11.3 Å². The van der Waals surface area contributed by atoms with Crippen molar-refractivity contribution in [1.29, 1.82) is 5.26 Å². The highest BCUT2D eigenvalue weighted by atomic mass is 35.5. The number of halogens is 1. The molecule has 7 heteroatoms. The molecule has 1 aromatic heterocycles. The Morgan fingerprint density at radius 2 is 2.00 bits per heavy atom. The normalized spacial score (nSPS) is 12.8. The zero-order valence-corrected chi connectivity index (χ0v) is 12.9. The van der Waals surface area contributed by atoms with Gasteiger partial charge in [0.05, 0.1) is 0 Å². The number of hydrogen-bond acceptors (Lipinski definition) is 4. The van der Waals surface area contributed by atoms with Crippen LogP contribution in [0.1, 0.15) is 23.4 Å². The summed E-state index contributed by atoms with van der Waals surface area (Å²) in [6.07, 6.45) is 0. The van der Waals surface area contributed by atoms with E-state index in [1.54, 1.807) is 31.2 Å². The summed E-state index contributed by atoms with van der Waals surface area (Å²) in [5.41, 5.74) is 0.704. The van der Waals surface area contributed by atoms with E-state index in [0.717, 1.165) is 11.3 Å². The van der Waals surface area contributed by atoms with E-state index >= 15 is 0 Å². The average Bonchev–Trinajstić information content (AvgIpc) is 2.88. The number of nitriles is 1. The van der Waals surface area contributed by atoms with Crippen LogP contribution in [0.5, 0.6) is 0 Å². The first-order chi connectivity index (χ1) is 9.44. The van der Waals surface area contributed by atoms with Crippen molar-refractivity contribution >= 4 is 33.0 Å². The van der Waals surface area contributed by atoms with Crippen molar-refractivity contribution in [2.24, 2.45) is 0 Å². The Hall–Kier alpha value is -1.39. The summed E-state index contributed by atoms with van der Waals surface area (Å²) in [4.78, 5) is 0.357. The van der Waals surface area contributed by atoms with E-state index in [9.17, 15) is 8.42 Å². The fourth-order valence-corrected chi connectivity index (χ4v) is 4.35. The summed E-state index contributed by atoms with van der Waals surface area (Å²) in [6, 6.07) is 11.4. The molecule has 1 N–H and O–H groups in total. The van der Waals surface area contributed by atoms with Crippen LogP contribution in [0.15, 0.2) is 40.6 Å². The molecule has 1 heterocycles. The zero-order chi connectivity index (χ0) is 14.8. The van der Waals surface area contributed by atoms with E-state index in [4.69, 9.17) is 16.9 Å². The molecule has 0 bridgehead atoms. The maximum Gasteiger partial charge on any atom is 0.250 e. The summed E-state index contributed by atoms with van der Waals surface area (Å²) in [7, 11) is -3.65. The van der Waals surface area contributed by atoms with Gasteiger partial charge in [0.1, 0.15) is 15.2 Å². The number of benzene rings is 1. The number of hydrogen-bond donors (Lipinski definition) is 1. The maximum atomic E-state index is 12.2. The van der Waals surface area contributed by atoms with Gasteiger partial charge in [0.15, 0.2) is 0 Å². The molecule has 0 spiro atoms. The largest absolute Gasteiger partial charge is 0.250 e. The van der Waals surface area contributed by atoms with Crippen molar-refractivity contribution in [2.45, 2.75) is 17.2 Å². The third kappa shape index (κ3) is 3.19. The molecule has 0 aliphatic rings. The minimum atomic E-state index is -3.65. The number of sulfonamides is 1. The van der Waals surface area contributed by atoms with E-state index in [0.29, 0.717) is 15.5 Å². The lowest BCUT2D eigenvalue weighted by atomic mass is 10.1. The van der Waals surface area contributed by atoms with Crippen molar-refractivity contribution < 1.29 is 8.42 Å². The van der Waals surface area contributed by atoms with Gasteiger partial charge in [-0.15, -0.1) is 11.3 Å². The second-order valence-electron chi connectivity index (χ2n) is 4.09. The summed E-state index contributed by atoms with van der Waals surface area (Å²) >= 11 is 6.98. The lowest BCUT2D eigenvalue weighted by Crippen LogP contribution is -2.26. The van der Waals surface area contributed by atoms with Gasteiger partial charge in [-0.05, 0) is 30.7 Å². The Morgan fingerprint density at radius 1 is 1.30 bits per heavy atom. The Labute approximate surface area is 126 Å². The lowest BCUT2D eigenvalue weighted by molar-refractivity contribution is 0.569. The van der Waals surface area contributed by atoms with Gasteiger partial charge in [0, 0.05) is 11.1 Å². The number of thiophene rings is 1. The van der Waals surface area contributed by atoms with E-state index in [2.05, 4.69) is 4.72 Å². The molecule has 0 aliphatic carbocycles. The Balaban J connectivity index is 2.25. The van der Waals surface area contributed by atoms with Gasteiger partial charge in [0.2, 0.25) is 0 Å². The Bertz CT molecular complexity index is 763. The molecule has 2 aromatic rings. The molecule has 0 amide bonds. The number of nitrogens with one attached hydrogen (secondary N) is 1. The molecule has 0 saturated heterocycles. The zero-order valence-electron chi connectivity index (χ0n) is 10.5. The van der Waals surface area contributed by atoms with E-state index in [-0.39, 0.29) is 4.21 Å². The minimum absolute atomic E-state index is 0.118. The van der Waals surface area contributed by atoms with Crippen LogP contribution in [0.3, 0.4) is 0 Å². The van der Waals surface area contributed by atoms with Gasteiger partial charge >= 0.3 is 0 Å². The molecule has 0 saturated carbocycles. The van der Waals surface area contributed by atoms with Gasteiger partial charge < -0.3 is 0 Å². The topological polar surface area (TPSA) is 70.0 Å². The first-order valence-corrected chi connectivity index (χ1v) is 8.38. The summed E-state index contributed by atoms with van der Waals surface area (Å²) in [5, 5.41) is 9.25. The van der Waals surface area contributed by atoms with Crippen molar-refractivity contribution in [3.8, 4) is 6.07 Å². The van der Waals surface area contributed by atoms with Crippen LogP contribution >= 0.6 is 22.9 Å². The highest BCUT2D eigenvalue weighted by molar-refractivity contribution is 7.91. The number of rotatable bonds is 4. The van der Waals surface area contributed by atoms with Gasteiger partial charge in [-0.3, -0.25) is 0 Å². The lowest BCUT2D eigenvalue weighted by Gasteiger charge is -2.15. The van der Waals surface area contributed by atoms with E-state index in [1.807, 2.05) is 6.07 Å². The summed E-state index contributed by atoms with van der Waals surface area (Å²) in [6.45, 7) is 1.72. The first kappa shape index (κ1) is 15.0. The molecule has 20 heavy (non-hydrogen) atoms. The molecular formula is C13H11ClN2O2S2. The molecule has 1 aromatic carbocycles. The summed E-state index contributed by atoms with van der Waals surface area (Å²) < 4.78 is 27.1. The second kappa shape index (κ2) is 5.94. The van der Waals surface area contributed by atoms with Crippen LogP contribution in [0.25, 0.3) is 0 Å². The third-order valence-electron chi connectivity index (χ3n) is 2.66. The van der Waals surface area contributed by atoms with Crippen LogP contribution in [-0.2, 0) is 10.0 Å². The Kier molecular flexibility index (Phi) is 4.45. The fourth-order valence-electron chi connectivity index (χ4n) is 1.71. The highest BCUT2D eigenvalue weighted by Gasteiger charge is 2.21. The molecule has 1 unspecified atom stereocenters. The Morgan fingerprint density at radius 3 is 2.60 bits per heavy atom. The third-order valence-corrected chi connectivity index (χ3v) is 6.03. The van der Waals surface area contributed by atoms with Gasteiger partial charge in [-0.25, -0.2) is 13.1 Å². The van der Waals surface area contributed by atoms with Crippen LogP contribution in [0.2, 0.25) is 5.02 Å². The highest BCUT2D eigenvalue weighted by Crippen LogP contribution is 2.26. The van der Waals surface area contributed by atoms with Crippen LogP contribution in [-0.4, -0.2) is 8.42 Å². The predicted molar refractivity (Wildman–Crippen MR) is 79.2 cm³/mol. The van der Waals surface area contributed by atoms with Crippen molar-refractivity contribution in [1.82, 2.24) is 4.72 Å². The van der Waals surface area contributed by atoms with Gasteiger partial charge in [-0.1, -0.05) is 29.8 Å². The quantitative estimate of drug-likeness (QED) is 0.937. The maximum absolute atomic E-state index is 12.2. The number of nitrogens with zero attached hydrogens (tertiary/aromatic N) is 1. The van der Waals surface area contributed by atoms with E-state index in [1.165, 1.54) is 12.1 Å². The van der Waals surface area contributed by atoms with E-state index < -0.39 is 16.1 Å². The average molecular weight is 327 g/mol. The second-order valence-corrected chi connectivity index (χ2v) is 7.53. The smallest absolute Gasteiger partial charge is 0.206 e. The standard InChI is InChI=1S/C13H11ClN2O2S2/c1-9(11-4-2-3-5-12(11)14)16-20(17,18)13-7-6-10(8-15)19-13/h2-7,9,16H,1H3. The van der Waals surface area contributed by atoms with Crippen LogP contribution < -0.4 is 4.72 Å². The molecule has 1 atom stereocenters. The molecule has 4 nitrogen and oxygen atoms in total. The predicted octanol–water partition coefficient (Wildman–Crippen LogP) is 3.31. The molecule has 0 aliphatic heterocycles. The minimum Gasteiger partial charge on any atom is -0.206 e. The monoisotopic (exact) mass is 326 g/mol. The molecular weight excluding hydrogens is 316 g/mol. The van der Waals surface area contributed by atoms with Crippen molar-refractivity contribution in [2.75, 3.05) is 0 Å². The van der Waals surface area contributed by atoms with Gasteiger partial charge in [0.25, 0.3) is 10.0 Å². The molecule has 0 fully saturated rings. The molecule has 104 valence electrons. The fraction of sp³-hybridized carbons (Fsp3) is 0.154.